The van der Waals surface area contributed by atoms with Gasteiger partial charge in [0.25, 0.3) is 5.56 Å². The number of nitrogens with zero attached hydrogens (tertiary/aromatic N) is 1. The summed E-state index contributed by atoms with van der Waals surface area (Å²) in [5.74, 6) is 2.00. The molecule has 2 aromatic heterocycles. The number of carbonyl (C=O) groups excluding carboxylic acids is 1. The van der Waals surface area contributed by atoms with E-state index in [1.807, 2.05) is 31.2 Å². The molecule has 0 spiro atoms. The number of aryl methyl sites for hydroxylation is 2. The highest BCUT2D eigenvalue weighted by atomic mass is 79.9. The summed E-state index contributed by atoms with van der Waals surface area (Å²) in [7, 11) is 0. The van der Waals surface area contributed by atoms with Crippen molar-refractivity contribution in [2.24, 2.45) is 0 Å². The molecule has 5 nitrogen and oxygen atoms in total. The number of aromatic amines is 1. The standard InChI is InChI=1S/C21H22BrN3O2S2/c1-12(13-5-7-14(22)8-6-13)23-18(26)9-10-28-11-17-24-20(27)19-15-3-2-4-16(15)29-21(19)25-17/h5-8,12H,2-4,9-11H2,1H3,(H,23,26)(H,24,25,27). The maximum Gasteiger partial charge on any atom is 0.259 e. The average molecular weight is 492 g/mol. The van der Waals surface area contributed by atoms with Crippen LogP contribution in [0.1, 0.15) is 47.6 Å². The third kappa shape index (κ3) is 4.75. The maximum absolute atomic E-state index is 12.5. The van der Waals surface area contributed by atoms with Crippen LogP contribution in [-0.4, -0.2) is 21.6 Å². The van der Waals surface area contributed by atoms with E-state index in [4.69, 9.17) is 0 Å². The van der Waals surface area contributed by atoms with Crippen molar-refractivity contribution in [3.8, 4) is 0 Å². The molecule has 4 rings (SSSR count). The summed E-state index contributed by atoms with van der Waals surface area (Å²) < 4.78 is 1.02. The van der Waals surface area contributed by atoms with E-state index in [1.165, 1.54) is 10.4 Å². The first-order valence-electron chi connectivity index (χ1n) is 9.67. The van der Waals surface area contributed by atoms with Crippen LogP contribution >= 0.6 is 39.0 Å². The second-order valence-corrected chi connectivity index (χ2v) is 10.3. The third-order valence-electron chi connectivity index (χ3n) is 5.08. The van der Waals surface area contributed by atoms with Crippen LogP contribution in [0.5, 0.6) is 0 Å². The first-order valence-corrected chi connectivity index (χ1v) is 12.4. The Morgan fingerprint density at radius 3 is 2.93 bits per heavy atom. The molecule has 2 heterocycles. The monoisotopic (exact) mass is 491 g/mol. The van der Waals surface area contributed by atoms with Gasteiger partial charge in [-0.25, -0.2) is 4.98 Å². The van der Waals surface area contributed by atoms with Gasteiger partial charge >= 0.3 is 0 Å². The van der Waals surface area contributed by atoms with Gasteiger partial charge in [-0.15, -0.1) is 11.3 Å². The largest absolute Gasteiger partial charge is 0.350 e. The zero-order chi connectivity index (χ0) is 20.4. The molecule has 1 aliphatic rings. The minimum Gasteiger partial charge on any atom is -0.350 e. The molecule has 0 bridgehead atoms. The second kappa shape index (κ2) is 9.02. The molecule has 2 N–H and O–H groups in total. The van der Waals surface area contributed by atoms with Gasteiger partial charge in [0.15, 0.2) is 0 Å². The zero-order valence-electron chi connectivity index (χ0n) is 16.1. The molecule has 0 saturated heterocycles. The Balaban J connectivity index is 1.27. The normalized spacial score (nSPS) is 14.1. The van der Waals surface area contributed by atoms with E-state index in [0.29, 0.717) is 23.8 Å². The Kier molecular flexibility index (Phi) is 6.41. The molecule has 1 unspecified atom stereocenters. The quantitative estimate of drug-likeness (QED) is 0.468. The summed E-state index contributed by atoms with van der Waals surface area (Å²) in [5, 5.41) is 3.82. The van der Waals surface area contributed by atoms with Crippen molar-refractivity contribution < 1.29 is 4.79 Å². The summed E-state index contributed by atoms with van der Waals surface area (Å²) >= 11 is 6.69. The number of nitrogens with one attached hydrogen (secondary N) is 2. The van der Waals surface area contributed by atoms with Gasteiger partial charge in [-0.1, -0.05) is 28.1 Å². The maximum atomic E-state index is 12.5. The van der Waals surface area contributed by atoms with Crippen molar-refractivity contribution >= 4 is 55.2 Å². The van der Waals surface area contributed by atoms with Gasteiger partial charge in [-0.2, -0.15) is 11.8 Å². The molecular weight excluding hydrogens is 470 g/mol. The number of hydrogen-bond acceptors (Lipinski definition) is 5. The van der Waals surface area contributed by atoms with Crippen LogP contribution in [0.15, 0.2) is 33.5 Å². The number of H-pyrrole nitrogens is 1. The summed E-state index contributed by atoms with van der Waals surface area (Å²) in [4.78, 5) is 34.4. The molecule has 152 valence electrons. The van der Waals surface area contributed by atoms with E-state index >= 15 is 0 Å². The Morgan fingerprint density at radius 1 is 1.34 bits per heavy atom. The molecule has 29 heavy (non-hydrogen) atoms. The van der Waals surface area contributed by atoms with Crippen LogP contribution in [-0.2, 0) is 23.4 Å². The number of hydrogen-bond donors (Lipinski definition) is 2. The highest BCUT2D eigenvalue weighted by Crippen LogP contribution is 2.34. The molecule has 1 atom stereocenters. The Bertz CT molecular complexity index is 1090. The van der Waals surface area contributed by atoms with Crippen molar-refractivity contribution in [1.29, 1.82) is 0 Å². The number of thiophene rings is 1. The lowest BCUT2D eigenvalue weighted by atomic mass is 10.1. The fourth-order valence-corrected chi connectivity index (χ4v) is 5.95. The van der Waals surface area contributed by atoms with Crippen molar-refractivity contribution in [3.63, 3.8) is 0 Å². The number of benzene rings is 1. The van der Waals surface area contributed by atoms with Crippen LogP contribution < -0.4 is 10.9 Å². The van der Waals surface area contributed by atoms with Gasteiger partial charge in [-0.05, 0) is 49.4 Å². The lowest BCUT2D eigenvalue weighted by Crippen LogP contribution is -2.26. The number of aromatic nitrogens is 2. The molecule has 0 aliphatic heterocycles. The number of thioether (sulfide) groups is 1. The van der Waals surface area contributed by atoms with Gasteiger partial charge in [0.05, 0.1) is 17.2 Å². The molecule has 0 fully saturated rings. The minimum absolute atomic E-state index is 0.0222. The molecule has 1 aliphatic carbocycles. The molecule has 0 saturated carbocycles. The van der Waals surface area contributed by atoms with Crippen LogP contribution in [0.3, 0.4) is 0 Å². The molecule has 3 aromatic rings. The Labute approximate surface area is 185 Å². The number of fused-ring (bicyclic) bond motifs is 3. The van der Waals surface area contributed by atoms with E-state index in [-0.39, 0.29) is 17.5 Å². The smallest absolute Gasteiger partial charge is 0.259 e. The number of amides is 1. The van der Waals surface area contributed by atoms with E-state index in [2.05, 4.69) is 31.2 Å². The lowest BCUT2D eigenvalue weighted by molar-refractivity contribution is -0.121. The highest BCUT2D eigenvalue weighted by molar-refractivity contribution is 9.10. The molecule has 1 amide bonds. The fourth-order valence-electron chi connectivity index (χ4n) is 3.60. The van der Waals surface area contributed by atoms with Gasteiger partial charge < -0.3 is 10.3 Å². The minimum atomic E-state index is -0.0261. The zero-order valence-corrected chi connectivity index (χ0v) is 19.3. The van der Waals surface area contributed by atoms with Crippen LogP contribution in [0.2, 0.25) is 0 Å². The van der Waals surface area contributed by atoms with E-state index in [0.717, 1.165) is 39.5 Å². The number of halogens is 1. The predicted octanol–water partition coefficient (Wildman–Crippen LogP) is 4.74. The van der Waals surface area contributed by atoms with E-state index in [9.17, 15) is 9.59 Å². The third-order valence-corrected chi connectivity index (χ3v) is 7.77. The molecule has 0 radical (unpaired) electrons. The van der Waals surface area contributed by atoms with Crippen molar-refractivity contribution in [2.45, 2.75) is 44.4 Å². The lowest BCUT2D eigenvalue weighted by Gasteiger charge is -2.14. The summed E-state index contributed by atoms with van der Waals surface area (Å²) in [5.41, 5.74) is 2.26. The van der Waals surface area contributed by atoms with E-state index < -0.39 is 0 Å². The van der Waals surface area contributed by atoms with Crippen LogP contribution in [0.4, 0.5) is 0 Å². The SMILES string of the molecule is CC(NC(=O)CCSCc1nc2sc3c(c2c(=O)[nH]1)CCC3)c1ccc(Br)cc1. The van der Waals surface area contributed by atoms with Crippen LogP contribution in [0.25, 0.3) is 10.2 Å². The molecule has 8 heteroatoms. The first-order chi connectivity index (χ1) is 14.0. The van der Waals surface area contributed by atoms with Gasteiger partial charge in [0.2, 0.25) is 5.91 Å². The summed E-state index contributed by atoms with van der Waals surface area (Å²) in [6.45, 7) is 1.98. The van der Waals surface area contributed by atoms with Gasteiger partial charge in [-0.3, -0.25) is 9.59 Å². The first kappa shape index (κ1) is 20.6. The predicted molar refractivity (Wildman–Crippen MR) is 124 cm³/mol. The fraction of sp³-hybridized carbons (Fsp3) is 0.381. The summed E-state index contributed by atoms with van der Waals surface area (Å²) in [6, 6.07) is 7.92. The Morgan fingerprint density at radius 2 is 2.14 bits per heavy atom. The number of carbonyl (C=O) groups is 1. The van der Waals surface area contributed by atoms with Crippen molar-refractivity contribution in [3.05, 3.63) is 60.9 Å². The Hall–Kier alpha value is -1.64. The molecule has 1 aromatic carbocycles. The molecular formula is C21H22BrN3O2S2. The van der Waals surface area contributed by atoms with Gasteiger partial charge in [0, 0.05) is 21.5 Å². The topological polar surface area (TPSA) is 74.8 Å². The van der Waals surface area contributed by atoms with Gasteiger partial charge in [0.1, 0.15) is 10.7 Å². The van der Waals surface area contributed by atoms with Crippen molar-refractivity contribution in [2.75, 3.05) is 5.75 Å². The highest BCUT2D eigenvalue weighted by Gasteiger charge is 2.21. The van der Waals surface area contributed by atoms with Crippen molar-refractivity contribution in [1.82, 2.24) is 15.3 Å². The van der Waals surface area contributed by atoms with E-state index in [1.54, 1.807) is 23.1 Å². The van der Waals surface area contributed by atoms with Crippen LogP contribution in [0, 0.1) is 0 Å². The second-order valence-electron chi connectivity index (χ2n) is 7.19. The average Bonchev–Trinajstić information content (AvgIpc) is 3.26. The number of rotatable bonds is 7. The summed E-state index contributed by atoms with van der Waals surface area (Å²) in [6.07, 6.45) is 3.62.